The van der Waals surface area contributed by atoms with Crippen LogP contribution in [0.4, 0.5) is 4.79 Å². The summed E-state index contributed by atoms with van der Waals surface area (Å²) in [6.07, 6.45) is 0.689. The SMILES string of the molecule is CC(C)(C)OC(=O)N1CC[C@H](COc2cccc(OCCBr)c2)C1. The summed E-state index contributed by atoms with van der Waals surface area (Å²) in [7, 11) is 0. The van der Waals surface area contributed by atoms with Gasteiger partial charge in [0.05, 0.1) is 13.2 Å². The van der Waals surface area contributed by atoms with Crippen LogP contribution < -0.4 is 9.47 Å². The van der Waals surface area contributed by atoms with Gasteiger partial charge in [0.15, 0.2) is 0 Å². The highest BCUT2D eigenvalue weighted by atomic mass is 79.9. The standard InChI is InChI=1S/C18H26BrNO4/c1-18(2,3)24-17(21)20-9-7-14(12-20)13-23-16-6-4-5-15(11-16)22-10-8-19/h4-6,11,14H,7-10,12-13H2,1-3H3/t14-/m0/s1. The second kappa shape index (κ2) is 8.60. The van der Waals surface area contributed by atoms with Gasteiger partial charge in [0.2, 0.25) is 0 Å². The summed E-state index contributed by atoms with van der Waals surface area (Å²) in [5, 5.41) is 0.792. The van der Waals surface area contributed by atoms with E-state index in [-0.39, 0.29) is 6.09 Å². The van der Waals surface area contributed by atoms with Crippen molar-refractivity contribution < 1.29 is 19.0 Å². The summed E-state index contributed by atoms with van der Waals surface area (Å²) >= 11 is 3.34. The lowest BCUT2D eigenvalue weighted by Gasteiger charge is -2.24. The van der Waals surface area contributed by atoms with Crippen LogP contribution in [-0.2, 0) is 4.74 Å². The largest absolute Gasteiger partial charge is 0.493 e. The van der Waals surface area contributed by atoms with Crippen molar-refractivity contribution in [3.05, 3.63) is 24.3 Å². The zero-order valence-electron chi connectivity index (χ0n) is 14.6. The van der Waals surface area contributed by atoms with Crippen LogP contribution in [0, 0.1) is 5.92 Å². The third kappa shape index (κ3) is 6.23. The molecule has 0 bridgehead atoms. The summed E-state index contributed by atoms with van der Waals surface area (Å²) in [5.74, 6) is 1.91. The summed E-state index contributed by atoms with van der Waals surface area (Å²) < 4.78 is 16.8. The van der Waals surface area contributed by atoms with E-state index in [0.29, 0.717) is 25.7 Å². The lowest BCUT2D eigenvalue weighted by molar-refractivity contribution is 0.0285. The third-order valence-corrected chi connectivity index (χ3v) is 3.90. The molecule has 1 saturated heterocycles. The summed E-state index contributed by atoms with van der Waals surface area (Å²) in [5.41, 5.74) is -0.457. The van der Waals surface area contributed by atoms with E-state index in [0.717, 1.165) is 29.8 Å². The Morgan fingerprint density at radius 3 is 2.67 bits per heavy atom. The average Bonchev–Trinajstić information content (AvgIpc) is 2.99. The van der Waals surface area contributed by atoms with Crippen LogP contribution >= 0.6 is 15.9 Å². The van der Waals surface area contributed by atoms with Gasteiger partial charge in [-0.05, 0) is 39.3 Å². The molecule has 1 heterocycles. The first-order valence-corrected chi connectivity index (χ1v) is 9.39. The third-order valence-electron chi connectivity index (χ3n) is 3.57. The predicted molar refractivity (Wildman–Crippen MR) is 97.1 cm³/mol. The fourth-order valence-electron chi connectivity index (χ4n) is 2.49. The molecule has 0 aromatic heterocycles. The number of amides is 1. The highest BCUT2D eigenvalue weighted by molar-refractivity contribution is 9.09. The molecule has 1 aliphatic heterocycles. The van der Waals surface area contributed by atoms with Crippen LogP contribution in [0.5, 0.6) is 11.5 Å². The molecule has 1 aromatic rings. The van der Waals surface area contributed by atoms with Crippen molar-refractivity contribution in [2.75, 3.05) is 31.6 Å². The van der Waals surface area contributed by atoms with E-state index in [9.17, 15) is 4.79 Å². The van der Waals surface area contributed by atoms with Crippen molar-refractivity contribution in [3.63, 3.8) is 0 Å². The molecule has 0 N–H and O–H groups in total. The van der Waals surface area contributed by atoms with Crippen LogP contribution in [0.1, 0.15) is 27.2 Å². The molecule has 0 aliphatic carbocycles. The molecular weight excluding hydrogens is 374 g/mol. The molecule has 1 aromatic carbocycles. The van der Waals surface area contributed by atoms with E-state index in [1.807, 2.05) is 45.0 Å². The van der Waals surface area contributed by atoms with Crippen molar-refractivity contribution in [1.82, 2.24) is 4.90 Å². The van der Waals surface area contributed by atoms with Crippen LogP contribution in [0.15, 0.2) is 24.3 Å². The van der Waals surface area contributed by atoms with Gasteiger partial charge >= 0.3 is 6.09 Å². The van der Waals surface area contributed by atoms with Gasteiger partial charge in [-0.1, -0.05) is 22.0 Å². The van der Waals surface area contributed by atoms with Crippen molar-refractivity contribution in [2.24, 2.45) is 5.92 Å². The van der Waals surface area contributed by atoms with E-state index in [1.165, 1.54) is 0 Å². The first-order valence-electron chi connectivity index (χ1n) is 8.27. The summed E-state index contributed by atoms with van der Waals surface area (Å²) in [6, 6.07) is 7.64. The van der Waals surface area contributed by atoms with Gasteiger partial charge in [-0.25, -0.2) is 4.79 Å². The maximum absolute atomic E-state index is 12.1. The van der Waals surface area contributed by atoms with Gasteiger partial charge < -0.3 is 19.1 Å². The minimum Gasteiger partial charge on any atom is -0.493 e. The number of likely N-dealkylation sites (tertiary alicyclic amines) is 1. The second-order valence-electron chi connectivity index (χ2n) is 6.90. The van der Waals surface area contributed by atoms with Gasteiger partial charge in [0, 0.05) is 30.4 Å². The molecule has 5 nitrogen and oxygen atoms in total. The summed E-state index contributed by atoms with van der Waals surface area (Å²) in [6.45, 7) is 8.24. The van der Waals surface area contributed by atoms with Crippen molar-refractivity contribution in [2.45, 2.75) is 32.8 Å². The van der Waals surface area contributed by atoms with Crippen LogP contribution in [-0.4, -0.2) is 48.2 Å². The quantitative estimate of drug-likeness (QED) is 0.675. The fraction of sp³-hybridized carbons (Fsp3) is 0.611. The minimum atomic E-state index is -0.457. The number of ether oxygens (including phenoxy) is 3. The molecule has 0 spiro atoms. The minimum absolute atomic E-state index is 0.241. The van der Waals surface area contributed by atoms with Crippen LogP contribution in [0.25, 0.3) is 0 Å². The Balaban J connectivity index is 1.78. The lowest BCUT2D eigenvalue weighted by atomic mass is 10.1. The van der Waals surface area contributed by atoms with Gasteiger partial charge in [-0.3, -0.25) is 0 Å². The number of halogens is 1. The van der Waals surface area contributed by atoms with E-state index in [4.69, 9.17) is 14.2 Å². The molecule has 2 rings (SSSR count). The number of hydrogen-bond donors (Lipinski definition) is 0. The molecule has 134 valence electrons. The molecule has 24 heavy (non-hydrogen) atoms. The van der Waals surface area contributed by atoms with E-state index in [2.05, 4.69) is 15.9 Å². The maximum atomic E-state index is 12.1. The van der Waals surface area contributed by atoms with Gasteiger partial charge in [0.1, 0.15) is 17.1 Å². The summed E-state index contributed by atoms with van der Waals surface area (Å²) in [4.78, 5) is 13.8. The van der Waals surface area contributed by atoms with Gasteiger partial charge in [0.25, 0.3) is 0 Å². The first kappa shape index (κ1) is 18.9. The Kier molecular flexibility index (Phi) is 6.78. The first-order chi connectivity index (χ1) is 11.4. The van der Waals surface area contributed by atoms with E-state index in [1.54, 1.807) is 4.90 Å². The zero-order chi connectivity index (χ0) is 17.6. The number of carbonyl (C=O) groups is 1. The Bertz CT molecular complexity index is 544. The van der Waals surface area contributed by atoms with Crippen LogP contribution in [0.3, 0.4) is 0 Å². The lowest BCUT2D eigenvalue weighted by Crippen LogP contribution is -2.35. The van der Waals surface area contributed by atoms with E-state index < -0.39 is 5.60 Å². The molecule has 0 unspecified atom stereocenters. The van der Waals surface area contributed by atoms with Crippen LogP contribution in [0.2, 0.25) is 0 Å². The second-order valence-corrected chi connectivity index (χ2v) is 7.70. The van der Waals surface area contributed by atoms with Crippen molar-refractivity contribution in [3.8, 4) is 11.5 Å². The molecule has 6 heteroatoms. The Hall–Kier alpha value is -1.43. The maximum Gasteiger partial charge on any atom is 0.410 e. The fourth-order valence-corrected chi connectivity index (χ4v) is 2.65. The Morgan fingerprint density at radius 1 is 1.29 bits per heavy atom. The normalized spacial score (nSPS) is 17.7. The van der Waals surface area contributed by atoms with Crippen molar-refractivity contribution in [1.29, 1.82) is 0 Å². The Morgan fingerprint density at radius 2 is 2.00 bits per heavy atom. The highest BCUT2D eigenvalue weighted by Crippen LogP contribution is 2.23. The molecule has 1 aliphatic rings. The Labute approximate surface area is 152 Å². The zero-order valence-corrected chi connectivity index (χ0v) is 16.2. The highest BCUT2D eigenvalue weighted by Gasteiger charge is 2.30. The van der Waals surface area contributed by atoms with Gasteiger partial charge in [-0.2, -0.15) is 0 Å². The number of nitrogens with zero attached hydrogens (tertiary/aromatic N) is 1. The molecule has 1 fully saturated rings. The molecule has 0 radical (unpaired) electrons. The monoisotopic (exact) mass is 399 g/mol. The number of carbonyl (C=O) groups excluding carboxylic acids is 1. The number of alkyl halides is 1. The molecular formula is C18H26BrNO4. The molecule has 1 amide bonds. The smallest absolute Gasteiger partial charge is 0.410 e. The van der Waals surface area contributed by atoms with E-state index >= 15 is 0 Å². The number of rotatable bonds is 6. The predicted octanol–water partition coefficient (Wildman–Crippen LogP) is 4.10. The van der Waals surface area contributed by atoms with Gasteiger partial charge in [-0.15, -0.1) is 0 Å². The molecule has 1 atom stereocenters. The van der Waals surface area contributed by atoms with Crippen molar-refractivity contribution >= 4 is 22.0 Å². The average molecular weight is 400 g/mol. The topological polar surface area (TPSA) is 48.0 Å². The number of hydrogen-bond acceptors (Lipinski definition) is 4. The molecule has 0 saturated carbocycles. The number of benzene rings is 1.